The van der Waals surface area contributed by atoms with Gasteiger partial charge in [0, 0.05) is 13.7 Å². The lowest BCUT2D eigenvalue weighted by Crippen LogP contribution is -2.19. The number of halogens is 1. The van der Waals surface area contributed by atoms with E-state index in [2.05, 4.69) is 15.9 Å². The zero-order chi connectivity index (χ0) is 11.1. The summed E-state index contributed by atoms with van der Waals surface area (Å²) in [6.45, 7) is 0.826. The first-order valence-corrected chi connectivity index (χ1v) is 5.57. The van der Waals surface area contributed by atoms with Crippen molar-refractivity contribution in [3.8, 4) is 5.75 Å². The number of hydrogen-bond donors (Lipinski definition) is 1. The van der Waals surface area contributed by atoms with E-state index in [9.17, 15) is 5.11 Å². The third-order valence-corrected chi connectivity index (χ3v) is 2.58. The van der Waals surface area contributed by atoms with Gasteiger partial charge in [-0.1, -0.05) is 12.1 Å². The Balaban J connectivity index is 2.33. The molecule has 1 aromatic carbocycles. The molecular weight excluding hydrogens is 260 g/mol. The van der Waals surface area contributed by atoms with E-state index in [1.165, 1.54) is 0 Å². The number of rotatable bonds is 6. The number of ether oxygens (including phenoxy) is 2. The largest absolute Gasteiger partial charge is 0.490 e. The number of hydrogen-bond acceptors (Lipinski definition) is 3. The van der Waals surface area contributed by atoms with E-state index in [1.54, 1.807) is 7.11 Å². The van der Waals surface area contributed by atoms with Gasteiger partial charge in [0.25, 0.3) is 0 Å². The van der Waals surface area contributed by atoms with Crippen molar-refractivity contribution in [2.75, 3.05) is 20.3 Å². The van der Waals surface area contributed by atoms with Crippen LogP contribution in [0.2, 0.25) is 0 Å². The van der Waals surface area contributed by atoms with Crippen LogP contribution >= 0.6 is 15.9 Å². The van der Waals surface area contributed by atoms with E-state index >= 15 is 0 Å². The molecule has 1 unspecified atom stereocenters. The number of benzene rings is 1. The zero-order valence-electron chi connectivity index (χ0n) is 8.65. The summed E-state index contributed by atoms with van der Waals surface area (Å²) >= 11 is 3.37. The molecule has 0 saturated carbocycles. The predicted octanol–water partition coefficient (Wildman–Crippen LogP) is 2.23. The van der Waals surface area contributed by atoms with Crippen molar-refractivity contribution < 1.29 is 14.6 Å². The molecule has 1 N–H and O–H groups in total. The lowest BCUT2D eigenvalue weighted by atomic mass is 10.3. The lowest BCUT2D eigenvalue weighted by Gasteiger charge is -2.12. The summed E-state index contributed by atoms with van der Waals surface area (Å²) in [4.78, 5) is 0. The topological polar surface area (TPSA) is 38.7 Å². The van der Waals surface area contributed by atoms with Crippen molar-refractivity contribution in [1.29, 1.82) is 0 Å². The van der Waals surface area contributed by atoms with E-state index in [-0.39, 0.29) is 6.61 Å². The normalized spacial score (nSPS) is 12.5. The van der Waals surface area contributed by atoms with Crippen LogP contribution in [0.25, 0.3) is 0 Å². The lowest BCUT2D eigenvalue weighted by molar-refractivity contribution is 0.0704. The van der Waals surface area contributed by atoms with E-state index in [0.717, 1.165) is 10.2 Å². The average Bonchev–Trinajstić information content (AvgIpc) is 2.25. The highest BCUT2D eigenvalue weighted by Gasteiger charge is 2.06. The molecule has 0 heterocycles. The van der Waals surface area contributed by atoms with Crippen molar-refractivity contribution in [3.05, 3.63) is 28.7 Å². The third kappa shape index (κ3) is 4.64. The minimum Gasteiger partial charge on any atom is -0.490 e. The number of para-hydroxylation sites is 1. The molecule has 0 fully saturated rings. The first-order valence-electron chi connectivity index (χ1n) is 4.78. The van der Waals surface area contributed by atoms with Gasteiger partial charge in [-0.25, -0.2) is 0 Å². The second kappa shape index (κ2) is 6.82. The van der Waals surface area contributed by atoms with Crippen LogP contribution in [-0.2, 0) is 4.74 Å². The molecule has 0 aromatic heterocycles. The molecule has 0 saturated heterocycles. The first-order chi connectivity index (χ1) is 7.24. The van der Waals surface area contributed by atoms with Gasteiger partial charge in [-0.3, -0.25) is 0 Å². The van der Waals surface area contributed by atoms with Crippen LogP contribution in [0.15, 0.2) is 28.7 Å². The summed E-state index contributed by atoms with van der Waals surface area (Å²) in [5.41, 5.74) is 0. The second-order valence-electron chi connectivity index (χ2n) is 3.18. The predicted molar refractivity (Wildman–Crippen MR) is 62.1 cm³/mol. The first kappa shape index (κ1) is 12.5. The van der Waals surface area contributed by atoms with E-state index in [0.29, 0.717) is 13.0 Å². The van der Waals surface area contributed by atoms with Gasteiger partial charge in [-0.15, -0.1) is 0 Å². The Labute approximate surface area is 98.1 Å². The monoisotopic (exact) mass is 274 g/mol. The molecule has 15 heavy (non-hydrogen) atoms. The smallest absolute Gasteiger partial charge is 0.133 e. The number of aliphatic hydroxyl groups excluding tert-OH is 1. The Hall–Kier alpha value is -0.580. The summed E-state index contributed by atoms with van der Waals surface area (Å²) in [5, 5.41) is 9.51. The van der Waals surface area contributed by atoms with Crippen LogP contribution in [-0.4, -0.2) is 31.5 Å². The molecular formula is C11H15BrO3. The fraction of sp³-hybridized carbons (Fsp3) is 0.455. The van der Waals surface area contributed by atoms with Gasteiger partial charge in [-0.2, -0.15) is 0 Å². The maximum Gasteiger partial charge on any atom is 0.133 e. The second-order valence-corrected chi connectivity index (χ2v) is 4.03. The van der Waals surface area contributed by atoms with Crippen LogP contribution < -0.4 is 4.74 Å². The van der Waals surface area contributed by atoms with Crippen LogP contribution in [0.4, 0.5) is 0 Å². The van der Waals surface area contributed by atoms with Crippen LogP contribution in [0.5, 0.6) is 5.75 Å². The molecule has 84 valence electrons. The molecule has 3 nitrogen and oxygen atoms in total. The molecule has 0 aliphatic rings. The molecule has 0 spiro atoms. The van der Waals surface area contributed by atoms with Crippen molar-refractivity contribution in [2.24, 2.45) is 0 Å². The third-order valence-electron chi connectivity index (χ3n) is 1.92. The molecule has 0 aliphatic heterocycles. The van der Waals surface area contributed by atoms with Crippen molar-refractivity contribution >= 4 is 15.9 Å². The molecule has 4 heteroatoms. The maximum absolute atomic E-state index is 9.51. The van der Waals surface area contributed by atoms with Gasteiger partial charge in [0.05, 0.1) is 10.6 Å². The zero-order valence-corrected chi connectivity index (χ0v) is 10.2. The number of methoxy groups -OCH3 is 1. The molecule has 0 amide bonds. The highest BCUT2D eigenvalue weighted by Crippen LogP contribution is 2.23. The van der Waals surface area contributed by atoms with Gasteiger partial charge in [0.2, 0.25) is 0 Å². The van der Waals surface area contributed by atoms with Crippen LogP contribution in [0.3, 0.4) is 0 Å². The Kier molecular flexibility index (Phi) is 5.68. The van der Waals surface area contributed by atoms with Gasteiger partial charge in [0.15, 0.2) is 0 Å². The summed E-state index contributed by atoms with van der Waals surface area (Å²) in [5.74, 6) is 0.744. The Bertz CT molecular complexity index is 291. The Morgan fingerprint density at radius 3 is 2.80 bits per heavy atom. The highest BCUT2D eigenvalue weighted by atomic mass is 79.9. The molecule has 0 bridgehead atoms. The van der Waals surface area contributed by atoms with Crippen molar-refractivity contribution in [3.63, 3.8) is 0 Å². The van der Waals surface area contributed by atoms with Crippen molar-refractivity contribution in [2.45, 2.75) is 12.5 Å². The van der Waals surface area contributed by atoms with Crippen LogP contribution in [0, 0.1) is 0 Å². The average molecular weight is 275 g/mol. The molecule has 0 radical (unpaired) electrons. The van der Waals surface area contributed by atoms with Gasteiger partial charge >= 0.3 is 0 Å². The molecule has 0 aliphatic carbocycles. The van der Waals surface area contributed by atoms with Crippen molar-refractivity contribution in [1.82, 2.24) is 0 Å². The quantitative estimate of drug-likeness (QED) is 0.865. The van der Waals surface area contributed by atoms with Gasteiger partial charge in [-0.05, 0) is 34.5 Å². The Morgan fingerprint density at radius 2 is 2.13 bits per heavy atom. The fourth-order valence-corrected chi connectivity index (χ4v) is 1.48. The summed E-state index contributed by atoms with van der Waals surface area (Å²) in [7, 11) is 1.61. The van der Waals surface area contributed by atoms with Crippen LogP contribution in [0.1, 0.15) is 6.42 Å². The van der Waals surface area contributed by atoms with Gasteiger partial charge in [0.1, 0.15) is 12.4 Å². The standard InChI is InChI=1S/C11H15BrO3/c1-14-7-6-9(13)8-15-11-5-3-2-4-10(11)12/h2-5,9,13H,6-8H2,1H3. The number of aliphatic hydroxyl groups is 1. The van der Waals surface area contributed by atoms with Gasteiger partial charge < -0.3 is 14.6 Å². The molecule has 1 aromatic rings. The summed E-state index contributed by atoms with van der Waals surface area (Å²) in [6.07, 6.45) is 0.0954. The molecule has 1 atom stereocenters. The fourth-order valence-electron chi connectivity index (χ4n) is 1.08. The van der Waals surface area contributed by atoms with E-state index in [4.69, 9.17) is 9.47 Å². The molecule has 1 rings (SSSR count). The maximum atomic E-state index is 9.51. The minimum absolute atomic E-state index is 0.284. The van der Waals surface area contributed by atoms with E-state index in [1.807, 2.05) is 24.3 Å². The summed E-state index contributed by atoms with van der Waals surface area (Å²) < 4.78 is 11.2. The minimum atomic E-state index is -0.489. The highest BCUT2D eigenvalue weighted by molar-refractivity contribution is 9.10. The SMILES string of the molecule is COCCC(O)COc1ccccc1Br. The Morgan fingerprint density at radius 1 is 1.40 bits per heavy atom. The van der Waals surface area contributed by atoms with E-state index < -0.39 is 6.10 Å². The summed E-state index contributed by atoms with van der Waals surface area (Å²) in [6, 6.07) is 7.56.